The van der Waals surface area contributed by atoms with Gasteiger partial charge in [-0.2, -0.15) is 5.10 Å². The molecule has 0 radical (unpaired) electrons. The average Bonchev–Trinajstić information content (AvgIpc) is 3.47. The van der Waals surface area contributed by atoms with Gasteiger partial charge in [0.05, 0.1) is 18.5 Å². The van der Waals surface area contributed by atoms with E-state index in [0.717, 1.165) is 51.1 Å². The number of aromatic nitrogens is 4. The number of piperidine rings is 1. The first kappa shape index (κ1) is 22.2. The molecule has 1 aliphatic carbocycles. The maximum Gasteiger partial charge on any atom is 0.279 e. The quantitative estimate of drug-likeness (QED) is 0.600. The number of nitrogens with zero attached hydrogens (tertiary/aromatic N) is 6. The van der Waals surface area contributed by atoms with Crippen molar-refractivity contribution in [1.82, 2.24) is 19.7 Å². The van der Waals surface area contributed by atoms with Crippen LogP contribution in [0.3, 0.4) is 0 Å². The van der Waals surface area contributed by atoms with Gasteiger partial charge in [-0.25, -0.2) is 14.6 Å². The van der Waals surface area contributed by atoms with Crippen LogP contribution in [0.25, 0.3) is 0 Å². The Hall–Kier alpha value is -3.30. The molecule has 1 saturated heterocycles. The molecule has 3 aromatic rings. The fourth-order valence-corrected chi connectivity index (χ4v) is 6.13. The first-order valence-electron chi connectivity index (χ1n) is 12.4. The summed E-state index contributed by atoms with van der Waals surface area (Å²) < 4.78 is 1.83. The molecule has 0 unspecified atom stereocenters. The van der Waals surface area contributed by atoms with Gasteiger partial charge in [0.15, 0.2) is 11.5 Å². The zero-order chi connectivity index (χ0) is 24.2. The summed E-state index contributed by atoms with van der Waals surface area (Å²) >= 11 is 0. The van der Waals surface area contributed by atoms with E-state index < -0.39 is 0 Å². The molecule has 2 aliphatic heterocycles. The Morgan fingerprint density at radius 2 is 1.94 bits per heavy atom. The number of fused-ring (bicyclic) bond motifs is 2. The molecule has 3 aliphatic rings. The van der Waals surface area contributed by atoms with Gasteiger partial charge in [-0.05, 0) is 49.1 Å². The van der Waals surface area contributed by atoms with E-state index in [1.165, 1.54) is 11.1 Å². The van der Waals surface area contributed by atoms with Crippen LogP contribution in [0.5, 0.6) is 0 Å². The van der Waals surface area contributed by atoms with Crippen LogP contribution in [0.4, 0.5) is 11.6 Å². The van der Waals surface area contributed by atoms with E-state index in [9.17, 15) is 9.90 Å². The van der Waals surface area contributed by atoms with Crippen LogP contribution in [-0.2, 0) is 19.6 Å². The Balaban J connectivity index is 1.24. The topological polar surface area (TPSA) is 113 Å². The molecule has 0 saturated carbocycles. The second-order valence-corrected chi connectivity index (χ2v) is 10.0. The molecular formula is C26H31N7O2. The number of nitrogens with two attached hydrogens (primary N) is 1. The molecule has 6 rings (SSSR count). The maximum absolute atomic E-state index is 13.4. The van der Waals surface area contributed by atoms with Crippen LogP contribution >= 0.6 is 0 Å². The summed E-state index contributed by atoms with van der Waals surface area (Å²) in [4.78, 5) is 26.8. The predicted octanol–water partition coefficient (Wildman–Crippen LogP) is 2.37. The maximum atomic E-state index is 13.4. The van der Waals surface area contributed by atoms with Crippen LogP contribution < -0.4 is 15.5 Å². The largest absolute Gasteiger partial charge is 0.390 e. The number of amides is 1. The van der Waals surface area contributed by atoms with Crippen molar-refractivity contribution in [2.45, 2.75) is 51.8 Å². The molecule has 9 nitrogen and oxygen atoms in total. The summed E-state index contributed by atoms with van der Waals surface area (Å²) in [6, 6.07) is 10.4. The van der Waals surface area contributed by atoms with Crippen molar-refractivity contribution in [3.8, 4) is 0 Å². The van der Waals surface area contributed by atoms with Gasteiger partial charge in [0, 0.05) is 38.3 Å². The van der Waals surface area contributed by atoms with E-state index in [0.29, 0.717) is 23.8 Å². The van der Waals surface area contributed by atoms with E-state index in [1.807, 2.05) is 17.7 Å². The van der Waals surface area contributed by atoms with Gasteiger partial charge in [-0.15, -0.1) is 0 Å². The lowest BCUT2D eigenvalue weighted by atomic mass is 9.73. The van der Waals surface area contributed by atoms with Crippen molar-refractivity contribution >= 4 is 17.5 Å². The number of hydrogen-bond donors (Lipinski definition) is 2. The average molecular weight is 474 g/mol. The number of carbonyl (C=O) groups is 1. The van der Waals surface area contributed by atoms with Crippen molar-refractivity contribution in [3.63, 3.8) is 0 Å². The number of aryl methyl sites for hydroxylation is 2. The molecule has 0 bridgehead atoms. The van der Waals surface area contributed by atoms with E-state index in [1.54, 1.807) is 11.1 Å². The molecule has 9 heteroatoms. The van der Waals surface area contributed by atoms with Gasteiger partial charge < -0.3 is 15.7 Å². The Labute approximate surface area is 204 Å². The Bertz CT molecular complexity index is 1280. The van der Waals surface area contributed by atoms with Gasteiger partial charge in [0.2, 0.25) is 0 Å². The number of aliphatic hydroxyl groups excluding tert-OH is 1. The van der Waals surface area contributed by atoms with E-state index in [2.05, 4.69) is 39.2 Å². The monoisotopic (exact) mass is 473 g/mol. The number of aliphatic hydroxyl groups is 1. The second-order valence-electron chi connectivity index (χ2n) is 10.0. The zero-order valence-electron chi connectivity index (χ0n) is 20.0. The molecule has 1 spiro atoms. The van der Waals surface area contributed by atoms with Gasteiger partial charge in [-0.1, -0.05) is 24.3 Å². The lowest BCUT2D eigenvalue weighted by Crippen LogP contribution is -2.45. The fourth-order valence-electron chi connectivity index (χ4n) is 6.13. The predicted molar refractivity (Wildman–Crippen MR) is 132 cm³/mol. The van der Waals surface area contributed by atoms with Gasteiger partial charge >= 0.3 is 0 Å². The number of benzene rings is 1. The minimum absolute atomic E-state index is 0.0453. The molecule has 1 aromatic carbocycles. The molecule has 1 atom stereocenters. The minimum atomic E-state index is -0.270. The summed E-state index contributed by atoms with van der Waals surface area (Å²) in [5.74, 6) is 1.24. The molecule has 1 amide bonds. The summed E-state index contributed by atoms with van der Waals surface area (Å²) in [7, 11) is 0. The normalized spacial score (nSPS) is 20.7. The molecule has 3 N–H and O–H groups in total. The molecule has 1 fully saturated rings. The smallest absolute Gasteiger partial charge is 0.279 e. The third-order valence-electron chi connectivity index (χ3n) is 8.09. The van der Waals surface area contributed by atoms with Gasteiger partial charge in [0.25, 0.3) is 5.91 Å². The fraction of sp³-hybridized carbons (Fsp3) is 0.462. The molecular weight excluding hydrogens is 442 g/mol. The molecule has 182 valence electrons. The van der Waals surface area contributed by atoms with Crippen LogP contribution in [-0.4, -0.2) is 50.4 Å². The second kappa shape index (κ2) is 8.42. The summed E-state index contributed by atoms with van der Waals surface area (Å²) in [5, 5.41) is 14.5. The van der Waals surface area contributed by atoms with Crippen molar-refractivity contribution < 1.29 is 9.90 Å². The van der Waals surface area contributed by atoms with Crippen LogP contribution in [0, 0.1) is 12.3 Å². The Morgan fingerprint density at radius 3 is 2.71 bits per heavy atom. The molecule has 35 heavy (non-hydrogen) atoms. The number of anilines is 2. The van der Waals surface area contributed by atoms with E-state index in [-0.39, 0.29) is 29.7 Å². The van der Waals surface area contributed by atoms with Crippen molar-refractivity contribution in [1.29, 1.82) is 0 Å². The summed E-state index contributed by atoms with van der Waals surface area (Å²) in [6.45, 7) is 4.54. The van der Waals surface area contributed by atoms with E-state index >= 15 is 0 Å². The van der Waals surface area contributed by atoms with E-state index in [4.69, 9.17) is 10.7 Å². The number of rotatable bonds is 3. The lowest BCUT2D eigenvalue weighted by molar-refractivity contribution is 0.0974. The van der Waals surface area contributed by atoms with Crippen molar-refractivity contribution in [2.24, 2.45) is 11.1 Å². The van der Waals surface area contributed by atoms with Crippen molar-refractivity contribution in [2.75, 3.05) is 29.4 Å². The van der Waals surface area contributed by atoms with Crippen molar-refractivity contribution in [3.05, 3.63) is 64.7 Å². The Morgan fingerprint density at radius 1 is 1.14 bits per heavy atom. The Kier molecular flexibility index (Phi) is 5.34. The van der Waals surface area contributed by atoms with Crippen LogP contribution in [0.2, 0.25) is 0 Å². The first-order chi connectivity index (χ1) is 17.0. The highest BCUT2D eigenvalue weighted by molar-refractivity contribution is 6.05. The van der Waals surface area contributed by atoms with Gasteiger partial charge in [0.1, 0.15) is 11.5 Å². The van der Waals surface area contributed by atoms with Gasteiger partial charge in [-0.3, -0.25) is 9.69 Å². The third-order valence-corrected chi connectivity index (χ3v) is 8.09. The first-order valence-corrected chi connectivity index (χ1v) is 12.4. The minimum Gasteiger partial charge on any atom is -0.390 e. The number of hydrogen-bond acceptors (Lipinski definition) is 7. The number of carbonyl (C=O) groups excluding carboxylic acids is 1. The highest BCUT2D eigenvalue weighted by atomic mass is 16.3. The lowest BCUT2D eigenvalue weighted by Gasteiger charge is -2.43. The highest BCUT2D eigenvalue weighted by Gasteiger charge is 2.46. The zero-order valence-corrected chi connectivity index (χ0v) is 20.0. The van der Waals surface area contributed by atoms with Crippen LogP contribution in [0.15, 0.2) is 36.5 Å². The summed E-state index contributed by atoms with van der Waals surface area (Å²) in [6.07, 6.45) is 5.45. The SMILES string of the molecule is Cc1nc(N2CCC3(CC2)Cc2ccccc2[C@H]3N)c(CO)nc1C(=O)N1CCCn2nccc21. The summed E-state index contributed by atoms with van der Waals surface area (Å²) in [5.41, 5.74) is 10.7. The highest BCUT2D eigenvalue weighted by Crippen LogP contribution is 2.51. The molecule has 4 heterocycles. The standard InChI is InChI=1S/C26H31N7O2/c1-17-22(25(35)32-11-4-12-33-21(32)7-10-28-33)30-20(16-34)24(29-17)31-13-8-26(9-14-31)15-18-5-2-3-6-19(18)23(26)27/h2-3,5-7,10,23,34H,4,8-9,11-16,27H2,1H3/t23-/m1/s1. The third kappa shape index (κ3) is 3.52. The van der Waals surface area contributed by atoms with Crippen LogP contribution in [0.1, 0.15) is 58.3 Å². The molecule has 2 aromatic heterocycles.